The van der Waals surface area contributed by atoms with E-state index in [1.165, 1.54) is 0 Å². The summed E-state index contributed by atoms with van der Waals surface area (Å²) in [6.45, 7) is 2.52. The lowest BCUT2D eigenvalue weighted by molar-refractivity contribution is 0.0478. The first-order valence-electron chi connectivity index (χ1n) is 6.30. The number of allylic oxidation sites excluding steroid dienone is 4. The zero-order valence-corrected chi connectivity index (χ0v) is 10.4. The number of aryl methyl sites for hydroxylation is 1. The maximum atomic E-state index is 11.8. The van der Waals surface area contributed by atoms with Crippen molar-refractivity contribution in [1.29, 1.82) is 0 Å². The van der Waals surface area contributed by atoms with Crippen LogP contribution in [0, 0.1) is 18.3 Å². The number of esters is 1. The van der Waals surface area contributed by atoms with E-state index in [0.29, 0.717) is 18.1 Å². The number of carbonyl (C=O) groups excluding carboxylic acids is 1. The van der Waals surface area contributed by atoms with Gasteiger partial charge in [-0.05, 0) is 25.5 Å². The minimum Gasteiger partial charge on any atom is -0.462 e. The summed E-state index contributed by atoms with van der Waals surface area (Å²) in [6, 6.07) is 7.49. The van der Waals surface area contributed by atoms with Gasteiger partial charge in [-0.25, -0.2) is 4.79 Å². The molecule has 2 heteroatoms. The van der Waals surface area contributed by atoms with Gasteiger partial charge in [0.15, 0.2) is 0 Å². The summed E-state index contributed by atoms with van der Waals surface area (Å²) in [5, 5.41) is 0. The number of rotatable bonds is 3. The molecule has 0 aliphatic heterocycles. The van der Waals surface area contributed by atoms with Crippen LogP contribution in [0.15, 0.2) is 48.6 Å². The fourth-order valence-electron chi connectivity index (χ4n) is 2.46. The lowest BCUT2D eigenvalue weighted by Gasteiger charge is -2.06. The molecular weight excluding hydrogens is 224 g/mol. The van der Waals surface area contributed by atoms with Gasteiger partial charge in [0.05, 0.1) is 12.2 Å². The smallest absolute Gasteiger partial charge is 0.338 e. The van der Waals surface area contributed by atoms with Crippen molar-refractivity contribution in [1.82, 2.24) is 0 Å². The van der Waals surface area contributed by atoms with Gasteiger partial charge in [-0.2, -0.15) is 0 Å². The zero-order chi connectivity index (χ0) is 12.6. The Hall–Kier alpha value is -1.83. The van der Waals surface area contributed by atoms with Crippen LogP contribution in [0.3, 0.4) is 0 Å². The molecule has 0 heterocycles. The molecule has 1 spiro atoms. The Balaban J connectivity index is 1.55. The standard InChI is InChI=1S/C16H16O2/c1-12-4-6-13(7-5-12)15(17)18-11-14-10-16(14)8-2-3-9-16/h2-9,14H,10-11H2,1H3. The molecule has 0 radical (unpaired) electrons. The van der Waals surface area contributed by atoms with Gasteiger partial charge in [-0.1, -0.05) is 42.0 Å². The molecule has 0 bridgehead atoms. The normalized spacial score (nSPS) is 22.4. The Morgan fingerprint density at radius 1 is 1.28 bits per heavy atom. The van der Waals surface area contributed by atoms with Gasteiger partial charge in [0.2, 0.25) is 0 Å². The van der Waals surface area contributed by atoms with E-state index < -0.39 is 0 Å². The van der Waals surface area contributed by atoms with E-state index >= 15 is 0 Å². The van der Waals surface area contributed by atoms with Crippen molar-refractivity contribution in [3.05, 3.63) is 59.7 Å². The first kappa shape index (κ1) is 11.3. The van der Waals surface area contributed by atoms with Crippen LogP contribution in [0.1, 0.15) is 22.3 Å². The molecule has 1 fully saturated rings. The van der Waals surface area contributed by atoms with Gasteiger partial charge in [-0.3, -0.25) is 0 Å². The number of hydrogen-bond donors (Lipinski definition) is 0. The van der Waals surface area contributed by atoms with Crippen molar-refractivity contribution in [2.45, 2.75) is 13.3 Å². The van der Waals surface area contributed by atoms with E-state index in [4.69, 9.17) is 4.74 Å². The van der Waals surface area contributed by atoms with E-state index in [1.807, 2.05) is 31.2 Å². The van der Waals surface area contributed by atoms with E-state index in [1.54, 1.807) is 0 Å². The van der Waals surface area contributed by atoms with Crippen LogP contribution >= 0.6 is 0 Å². The number of ether oxygens (including phenoxy) is 1. The van der Waals surface area contributed by atoms with E-state index in [9.17, 15) is 4.79 Å². The molecular formula is C16H16O2. The molecule has 2 aliphatic rings. The monoisotopic (exact) mass is 240 g/mol. The van der Waals surface area contributed by atoms with Gasteiger partial charge in [0.25, 0.3) is 0 Å². The molecule has 3 rings (SSSR count). The lowest BCUT2D eigenvalue weighted by Crippen LogP contribution is -2.09. The number of carbonyl (C=O) groups is 1. The maximum Gasteiger partial charge on any atom is 0.338 e. The first-order chi connectivity index (χ1) is 8.70. The predicted octanol–water partition coefficient (Wildman–Crippen LogP) is 3.28. The second-order valence-corrected chi connectivity index (χ2v) is 5.20. The fourth-order valence-corrected chi connectivity index (χ4v) is 2.46. The van der Waals surface area contributed by atoms with Gasteiger partial charge < -0.3 is 4.74 Å². The van der Waals surface area contributed by atoms with E-state index in [2.05, 4.69) is 24.3 Å². The third kappa shape index (κ3) is 1.99. The van der Waals surface area contributed by atoms with Crippen molar-refractivity contribution in [2.75, 3.05) is 6.61 Å². The molecule has 2 nitrogen and oxygen atoms in total. The first-order valence-corrected chi connectivity index (χ1v) is 6.30. The molecule has 1 aromatic carbocycles. The summed E-state index contributed by atoms with van der Waals surface area (Å²) in [5.41, 5.74) is 1.98. The second kappa shape index (κ2) is 4.13. The summed E-state index contributed by atoms with van der Waals surface area (Å²) in [7, 11) is 0. The number of hydrogen-bond acceptors (Lipinski definition) is 2. The molecule has 1 aromatic rings. The molecule has 92 valence electrons. The highest BCUT2D eigenvalue weighted by Crippen LogP contribution is 2.56. The molecule has 0 amide bonds. The molecule has 18 heavy (non-hydrogen) atoms. The molecule has 1 atom stereocenters. The second-order valence-electron chi connectivity index (χ2n) is 5.20. The molecule has 0 saturated heterocycles. The van der Waals surface area contributed by atoms with Crippen LogP contribution in [0.4, 0.5) is 0 Å². The number of benzene rings is 1. The minimum atomic E-state index is -0.219. The van der Waals surface area contributed by atoms with E-state index in [-0.39, 0.29) is 11.4 Å². The van der Waals surface area contributed by atoms with Crippen LogP contribution in [0.25, 0.3) is 0 Å². The predicted molar refractivity (Wildman–Crippen MR) is 70.3 cm³/mol. The Labute approximate surface area is 107 Å². The Morgan fingerprint density at radius 2 is 1.94 bits per heavy atom. The average Bonchev–Trinajstić information content (AvgIpc) is 2.81. The van der Waals surface area contributed by atoms with Gasteiger partial charge >= 0.3 is 5.97 Å². The highest BCUT2D eigenvalue weighted by molar-refractivity contribution is 5.89. The van der Waals surface area contributed by atoms with Crippen LogP contribution in [-0.2, 0) is 4.74 Å². The maximum absolute atomic E-state index is 11.8. The largest absolute Gasteiger partial charge is 0.462 e. The van der Waals surface area contributed by atoms with Crippen LogP contribution in [0.5, 0.6) is 0 Å². The van der Waals surface area contributed by atoms with Crippen molar-refractivity contribution in [3.8, 4) is 0 Å². The third-order valence-corrected chi connectivity index (χ3v) is 3.83. The summed E-state index contributed by atoms with van der Waals surface area (Å²) >= 11 is 0. The summed E-state index contributed by atoms with van der Waals surface area (Å²) in [5.74, 6) is 0.241. The molecule has 2 aliphatic carbocycles. The van der Waals surface area contributed by atoms with Gasteiger partial charge in [-0.15, -0.1) is 0 Å². The summed E-state index contributed by atoms with van der Waals surface area (Å²) in [6.07, 6.45) is 9.65. The van der Waals surface area contributed by atoms with Crippen molar-refractivity contribution in [3.63, 3.8) is 0 Å². The Kier molecular flexibility index (Phi) is 2.58. The van der Waals surface area contributed by atoms with Gasteiger partial charge in [0.1, 0.15) is 0 Å². The zero-order valence-electron chi connectivity index (χ0n) is 10.4. The average molecular weight is 240 g/mol. The van der Waals surface area contributed by atoms with Gasteiger partial charge in [0, 0.05) is 11.3 Å². The summed E-state index contributed by atoms with van der Waals surface area (Å²) in [4.78, 5) is 11.8. The third-order valence-electron chi connectivity index (χ3n) is 3.83. The quantitative estimate of drug-likeness (QED) is 0.758. The Bertz CT molecular complexity index is 511. The molecule has 0 aromatic heterocycles. The van der Waals surface area contributed by atoms with Crippen molar-refractivity contribution < 1.29 is 9.53 Å². The van der Waals surface area contributed by atoms with Crippen LogP contribution in [0.2, 0.25) is 0 Å². The summed E-state index contributed by atoms with van der Waals surface area (Å²) < 4.78 is 5.37. The SMILES string of the molecule is Cc1ccc(C(=O)OCC2CC23C=CC=C3)cc1. The Morgan fingerprint density at radius 3 is 2.61 bits per heavy atom. The fraction of sp³-hybridized carbons (Fsp3) is 0.312. The lowest BCUT2D eigenvalue weighted by atomic mass is 10.1. The molecule has 1 saturated carbocycles. The minimum absolute atomic E-state index is 0.202. The van der Waals surface area contributed by atoms with E-state index in [0.717, 1.165) is 12.0 Å². The topological polar surface area (TPSA) is 26.3 Å². The van der Waals surface area contributed by atoms with Crippen molar-refractivity contribution >= 4 is 5.97 Å². The molecule has 1 unspecified atom stereocenters. The highest BCUT2D eigenvalue weighted by Gasteiger charge is 2.51. The van der Waals surface area contributed by atoms with Crippen molar-refractivity contribution in [2.24, 2.45) is 11.3 Å². The molecule has 0 N–H and O–H groups in total. The van der Waals surface area contributed by atoms with Crippen LogP contribution < -0.4 is 0 Å². The highest BCUT2D eigenvalue weighted by atomic mass is 16.5. The van der Waals surface area contributed by atoms with Crippen LogP contribution in [-0.4, -0.2) is 12.6 Å².